The lowest BCUT2D eigenvalue weighted by Gasteiger charge is -2.28. The molecule has 2 aliphatic heterocycles. The van der Waals surface area contributed by atoms with Gasteiger partial charge in [-0.05, 0) is 38.0 Å². The molecule has 64 valence electrons. The lowest BCUT2D eigenvalue weighted by molar-refractivity contribution is 0.214. The average Bonchev–Trinajstić information content (AvgIpc) is 2.32. The van der Waals surface area contributed by atoms with Crippen molar-refractivity contribution >= 4 is 0 Å². The summed E-state index contributed by atoms with van der Waals surface area (Å²) in [5, 5.41) is 12.4. The van der Waals surface area contributed by atoms with Gasteiger partial charge in [0.2, 0.25) is 0 Å². The predicted octanol–water partition coefficient (Wildman–Crippen LogP) is 0.899. The summed E-state index contributed by atoms with van der Waals surface area (Å²) < 4.78 is 0. The van der Waals surface area contributed by atoms with Crippen molar-refractivity contribution in [2.45, 2.75) is 44.2 Å². The molecule has 2 heteroatoms. The van der Waals surface area contributed by atoms with E-state index >= 15 is 0 Å². The summed E-state index contributed by atoms with van der Waals surface area (Å²) in [6.07, 6.45) is 6.36. The molecule has 0 amide bonds. The average molecular weight is 155 g/mol. The fourth-order valence-corrected chi connectivity index (χ4v) is 2.59. The van der Waals surface area contributed by atoms with Crippen LogP contribution in [0.25, 0.3) is 0 Å². The number of piperidine rings is 1. The molecule has 2 rings (SSSR count). The van der Waals surface area contributed by atoms with Gasteiger partial charge >= 0.3 is 0 Å². The summed E-state index contributed by atoms with van der Waals surface area (Å²) in [4.78, 5) is 0. The van der Waals surface area contributed by atoms with Crippen molar-refractivity contribution in [1.29, 1.82) is 0 Å². The van der Waals surface area contributed by atoms with Gasteiger partial charge in [-0.1, -0.05) is 0 Å². The van der Waals surface area contributed by atoms with Crippen LogP contribution in [-0.4, -0.2) is 23.8 Å². The minimum absolute atomic E-state index is 0.379. The van der Waals surface area contributed by atoms with Crippen LogP contribution in [0.2, 0.25) is 0 Å². The molecule has 2 bridgehead atoms. The lowest BCUT2D eigenvalue weighted by atomic mass is 9.90. The molecule has 0 aliphatic carbocycles. The molecule has 0 radical (unpaired) electrons. The van der Waals surface area contributed by atoms with Gasteiger partial charge in [0.25, 0.3) is 0 Å². The van der Waals surface area contributed by atoms with Gasteiger partial charge in [0.05, 0.1) is 0 Å². The smallest absolute Gasteiger partial charge is 0.0433 e. The molecule has 0 aromatic heterocycles. The number of hydrogen-bond acceptors (Lipinski definition) is 2. The van der Waals surface area contributed by atoms with Gasteiger partial charge in [-0.25, -0.2) is 0 Å². The lowest BCUT2D eigenvalue weighted by Crippen LogP contribution is -2.38. The van der Waals surface area contributed by atoms with E-state index in [2.05, 4.69) is 5.32 Å². The maximum absolute atomic E-state index is 8.79. The largest absolute Gasteiger partial charge is 0.396 e. The zero-order valence-corrected chi connectivity index (χ0v) is 6.92. The predicted molar refractivity (Wildman–Crippen MR) is 44.4 cm³/mol. The second-order valence-electron chi connectivity index (χ2n) is 3.99. The van der Waals surface area contributed by atoms with Gasteiger partial charge in [-0.2, -0.15) is 0 Å². The molecule has 2 fully saturated rings. The Labute approximate surface area is 68.0 Å². The van der Waals surface area contributed by atoms with E-state index in [1.54, 1.807) is 0 Å². The zero-order valence-electron chi connectivity index (χ0n) is 6.92. The van der Waals surface area contributed by atoms with E-state index in [9.17, 15) is 0 Å². The standard InChI is InChI=1S/C9H17NO/c11-4-3-7-5-8-1-2-9(6-7)10-8/h7-11H,1-6H2. The van der Waals surface area contributed by atoms with Crippen LogP contribution in [0.3, 0.4) is 0 Å². The summed E-state index contributed by atoms with van der Waals surface area (Å²) in [5.41, 5.74) is 0. The van der Waals surface area contributed by atoms with E-state index in [1.165, 1.54) is 25.7 Å². The Morgan fingerprint density at radius 3 is 2.36 bits per heavy atom. The first-order chi connectivity index (χ1) is 5.38. The maximum atomic E-state index is 8.79. The SMILES string of the molecule is OCCC1CC2CCC(C1)N2. The third-order valence-electron chi connectivity index (χ3n) is 3.11. The molecule has 2 nitrogen and oxygen atoms in total. The number of hydrogen-bond donors (Lipinski definition) is 2. The van der Waals surface area contributed by atoms with E-state index in [-0.39, 0.29) is 0 Å². The Morgan fingerprint density at radius 2 is 1.82 bits per heavy atom. The molecule has 0 saturated carbocycles. The highest BCUT2D eigenvalue weighted by Crippen LogP contribution is 2.32. The first kappa shape index (κ1) is 7.56. The second-order valence-corrected chi connectivity index (χ2v) is 3.99. The van der Waals surface area contributed by atoms with Crippen LogP contribution in [0.4, 0.5) is 0 Å². The number of fused-ring (bicyclic) bond motifs is 2. The van der Waals surface area contributed by atoms with Gasteiger partial charge in [0, 0.05) is 18.7 Å². The van der Waals surface area contributed by atoms with Crippen LogP contribution in [0.1, 0.15) is 32.1 Å². The molecule has 2 saturated heterocycles. The van der Waals surface area contributed by atoms with Crippen LogP contribution < -0.4 is 5.32 Å². The Morgan fingerprint density at radius 1 is 1.18 bits per heavy atom. The van der Waals surface area contributed by atoms with Gasteiger partial charge in [0.15, 0.2) is 0 Å². The fraction of sp³-hybridized carbons (Fsp3) is 1.00. The molecule has 2 aliphatic rings. The molecule has 2 unspecified atom stereocenters. The van der Waals surface area contributed by atoms with E-state index in [0.29, 0.717) is 6.61 Å². The highest BCUT2D eigenvalue weighted by molar-refractivity contribution is 4.91. The summed E-state index contributed by atoms with van der Waals surface area (Å²) in [6, 6.07) is 1.57. The third-order valence-corrected chi connectivity index (χ3v) is 3.11. The van der Waals surface area contributed by atoms with Crippen molar-refractivity contribution in [2.75, 3.05) is 6.61 Å². The van der Waals surface area contributed by atoms with E-state index in [1.807, 2.05) is 0 Å². The van der Waals surface area contributed by atoms with Gasteiger partial charge < -0.3 is 10.4 Å². The summed E-state index contributed by atoms with van der Waals surface area (Å²) in [7, 11) is 0. The number of aliphatic hydroxyl groups excluding tert-OH is 1. The Balaban J connectivity index is 1.87. The Bertz CT molecular complexity index is 126. The van der Waals surface area contributed by atoms with Crippen molar-refractivity contribution < 1.29 is 5.11 Å². The van der Waals surface area contributed by atoms with Gasteiger partial charge in [-0.3, -0.25) is 0 Å². The van der Waals surface area contributed by atoms with E-state index < -0.39 is 0 Å². The summed E-state index contributed by atoms with van der Waals surface area (Å²) in [6.45, 7) is 0.379. The molecule has 2 N–H and O–H groups in total. The van der Waals surface area contributed by atoms with E-state index in [0.717, 1.165) is 24.4 Å². The first-order valence-corrected chi connectivity index (χ1v) is 4.75. The molecule has 0 spiro atoms. The van der Waals surface area contributed by atoms with E-state index in [4.69, 9.17) is 5.11 Å². The molecule has 0 aromatic rings. The third kappa shape index (κ3) is 1.57. The molecule has 11 heavy (non-hydrogen) atoms. The van der Waals surface area contributed by atoms with Crippen molar-refractivity contribution in [3.63, 3.8) is 0 Å². The van der Waals surface area contributed by atoms with Crippen LogP contribution in [0.15, 0.2) is 0 Å². The number of aliphatic hydroxyl groups is 1. The number of nitrogens with one attached hydrogen (secondary N) is 1. The minimum atomic E-state index is 0.379. The highest BCUT2D eigenvalue weighted by atomic mass is 16.3. The minimum Gasteiger partial charge on any atom is -0.396 e. The number of rotatable bonds is 2. The molecule has 2 heterocycles. The molecule has 2 atom stereocenters. The van der Waals surface area contributed by atoms with Gasteiger partial charge in [0.1, 0.15) is 0 Å². The van der Waals surface area contributed by atoms with Crippen LogP contribution >= 0.6 is 0 Å². The van der Waals surface area contributed by atoms with Crippen LogP contribution in [-0.2, 0) is 0 Å². The fourth-order valence-electron chi connectivity index (χ4n) is 2.59. The van der Waals surface area contributed by atoms with Crippen molar-refractivity contribution in [3.05, 3.63) is 0 Å². The quantitative estimate of drug-likeness (QED) is 0.621. The molecular weight excluding hydrogens is 138 g/mol. The van der Waals surface area contributed by atoms with Crippen LogP contribution in [0.5, 0.6) is 0 Å². The maximum Gasteiger partial charge on any atom is 0.0433 e. The van der Waals surface area contributed by atoms with Crippen LogP contribution in [0, 0.1) is 5.92 Å². The monoisotopic (exact) mass is 155 g/mol. The topological polar surface area (TPSA) is 32.3 Å². The molecular formula is C9H17NO. The van der Waals surface area contributed by atoms with Crippen molar-refractivity contribution in [3.8, 4) is 0 Å². The Kier molecular flexibility index (Phi) is 2.14. The normalized spacial score (nSPS) is 42.8. The first-order valence-electron chi connectivity index (χ1n) is 4.75. The summed E-state index contributed by atoms with van der Waals surface area (Å²) in [5.74, 6) is 0.804. The van der Waals surface area contributed by atoms with Crippen molar-refractivity contribution in [2.24, 2.45) is 5.92 Å². The van der Waals surface area contributed by atoms with Gasteiger partial charge in [-0.15, -0.1) is 0 Å². The Hall–Kier alpha value is -0.0800. The zero-order chi connectivity index (χ0) is 7.68. The second kappa shape index (κ2) is 3.11. The van der Waals surface area contributed by atoms with Crippen molar-refractivity contribution in [1.82, 2.24) is 5.32 Å². The molecule has 0 aromatic carbocycles. The highest BCUT2D eigenvalue weighted by Gasteiger charge is 2.32. The summed E-state index contributed by atoms with van der Waals surface area (Å²) >= 11 is 0.